The number of phenolic OH excluding ortho intramolecular Hbond substituents is 2. The molecule has 0 radical (unpaired) electrons. The van der Waals surface area contributed by atoms with Crippen molar-refractivity contribution >= 4 is 5.91 Å². The van der Waals surface area contributed by atoms with Crippen molar-refractivity contribution in [3.05, 3.63) is 23.8 Å². The summed E-state index contributed by atoms with van der Waals surface area (Å²) in [5, 5.41) is 21.5. The van der Waals surface area contributed by atoms with Gasteiger partial charge in [0, 0.05) is 12.1 Å². The lowest BCUT2D eigenvalue weighted by molar-refractivity contribution is 0.0933. The minimum Gasteiger partial charge on any atom is -0.504 e. The number of amides is 1. The van der Waals surface area contributed by atoms with E-state index < -0.39 is 0 Å². The van der Waals surface area contributed by atoms with Crippen molar-refractivity contribution in [1.82, 2.24) is 5.32 Å². The molecule has 1 amide bonds. The fraction of sp³-hybridized carbons (Fsp3) is 0.562. The molecule has 0 aliphatic carbocycles. The van der Waals surface area contributed by atoms with Gasteiger partial charge in [0.25, 0.3) is 5.91 Å². The van der Waals surface area contributed by atoms with Crippen LogP contribution in [0.5, 0.6) is 11.5 Å². The zero-order valence-electron chi connectivity index (χ0n) is 12.6. The quantitative estimate of drug-likeness (QED) is 0.529. The molecule has 0 heterocycles. The lowest BCUT2D eigenvalue weighted by Gasteiger charge is -2.25. The molecule has 0 unspecified atom stereocenters. The van der Waals surface area contributed by atoms with Gasteiger partial charge in [-0.15, -0.1) is 0 Å². The molecule has 0 aliphatic heterocycles. The summed E-state index contributed by atoms with van der Waals surface area (Å²) >= 11 is 0. The zero-order valence-corrected chi connectivity index (χ0v) is 12.6. The summed E-state index contributed by atoms with van der Waals surface area (Å²) in [7, 11) is 0. The number of unbranched alkanes of at least 4 members (excludes halogenated alkanes) is 2. The average molecular weight is 279 g/mol. The van der Waals surface area contributed by atoms with Crippen LogP contribution in [-0.2, 0) is 0 Å². The first-order valence-corrected chi connectivity index (χ1v) is 7.16. The minimum absolute atomic E-state index is 0.0593. The molecule has 1 aromatic rings. The predicted molar refractivity (Wildman–Crippen MR) is 80.0 cm³/mol. The molecule has 0 atom stereocenters. The van der Waals surface area contributed by atoms with Gasteiger partial charge in [-0.05, 0) is 30.0 Å². The van der Waals surface area contributed by atoms with E-state index in [0.717, 1.165) is 6.42 Å². The van der Waals surface area contributed by atoms with E-state index in [4.69, 9.17) is 0 Å². The topological polar surface area (TPSA) is 69.6 Å². The van der Waals surface area contributed by atoms with Crippen molar-refractivity contribution in [1.29, 1.82) is 0 Å². The van der Waals surface area contributed by atoms with E-state index in [0.29, 0.717) is 12.1 Å². The number of benzene rings is 1. The van der Waals surface area contributed by atoms with E-state index >= 15 is 0 Å². The highest BCUT2D eigenvalue weighted by atomic mass is 16.3. The molecule has 0 aliphatic rings. The maximum absolute atomic E-state index is 12.0. The Labute approximate surface area is 120 Å². The van der Waals surface area contributed by atoms with E-state index in [1.165, 1.54) is 37.5 Å². The first-order chi connectivity index (χ1) is 9.35. The Bertz CT molecular complexity index is 455. The van der Waals surface area contributed by atoms with Gasteiger partial charge in [0.05, 0.1) is 0 Å². The van der Waals surface area contributed by atoms with Crippen molar-refractivity contribution in [3.8, 4) is 11.5 Å². The minimum atomic E-state index is -0.278. The molecule has 0 saturated carbocycles. The second kappa shape index (κ2) is 7.17. The number of phenols is 2. The number of aromatic hydroxyl groups is 2. The summed E-state index contributed by atoms with van der Waals surface area (Å²) in [6.07, 6.45) is 4.64. The van der Waals surface area contributed by atoms with Gasteiger partial charge in [-0.25, -0.2) is 0 Å². The molecule has 4 heteroatoms. The van der Waals surface area contributed by atoms with Crippen LogP contribution in [-0.4, -0.2) is 22.7 Å². The maximum Gasteiger partial charge on any atom is 0.251 e. The molecule has 0 saturated heterocycles. The molecule has 20 heavy (non-hydrogen) atoms. The van der Waals surface area contributed by atoms with E-state index in [1.54, 1.807) is 0 Å². The molecule has 0 bridgehead atoms. The van der Waals surface area contributed by atoms with Crippen LogP contribution < -0.4 is 5.32 Å². The molecule has 112 valence electrons. The molecule has 3 N–H and O–H groups in total. The van der Waals surface area contributed by atoms with Crippen LogP contribution in [0.3, 0.4) is 0 Å². The van der Waals surface area contributed by atoms with E-state index in [2.05, 4.69) is 26.1 Å². The summed E-state index contributed by atoms with van der Waals surface area (Å²) in [4.78, 5) is 12.0. The molecule has 0 spiro atoms. The van der Waals surface area contributed by atoms with Gasteiger partial charge in [0.15, 0.2) is 11.5 Å². The smallest absolute Gasteiger partial charge is 0.251 e. The number of hydrogen-bond donors (Lipinski definition) is 3. The summed E-state index contributed by atoms with van der Waals surface area (Å²) in [6.45, 7) is 7.04. The van der Waals surface area contributed by atoms with E-state index in [9.17, 15) is 15.0 Å². The summed E-state index contributed by atoms with van der Waals surface area (Å²) in [6, 6.07) is 4.08. The third kappa shape index (κ3) is 5.11. The predicted octanol–water partition coefficient (Wildman–Crippen LogP) is 3.43. The highest BCUT2D eigenvalue weighted by Gasteiger charge is 2.19. The van der Waals surface area contributed by atoms with Gasteiger partial charge in [-0.2, -0.15) is 0 Å². The van der Waals surface area contributed by atoms with E-state index in [1.807, 2.05) is 0 Å². The third-order valence-corrected chi connectivity index (χ3v) is 3.42. The summed E-state index contributed by atoms with van der Waals surface area (Å²) < 4.78 is 0. The number of carbonyl (C=O) groups excluding carboxylic acids is 1. The van der Waals surface area contributed by atoms with E-state index in [-0.39, 0.29) is 22.8 Å². The first kappa shape index (κ1) is 16.3. The fourth-order valence-corrected chi connectivity index (χ4v) is 2.03. The lowest BCUT2D eigenvalue weighted by Crippen LogP contribution is -2.34. The van der Waals surface area contributed by atoms with Gasteiger partial charge in [0.1, 0.15) is 0 Å². The second-order valence-electron chi connectivity index (χ2n) is 6.01. The molecule has 0 aromatic heterocycles. The standard InChI is InChI=1S/C16H25NO3/c1-4-5-6-9-16(2,3)11-17-15(20)12-7-8-13(18)14(19)10-12/h7-8,10,18-19H,4-6,9,11H2,1-3H3,(H,17,20). The highest BCUT2D eigenvalue weighted by Crippen LogP contribution is 2.25. The zero-order chi connectivity index (χ0) is 15.2. The molecule has 4 nitrogen and oxygen atoms in total. The number of rotatable bonds is 7. The Hall–Kier alpha value is -1.71. The molecule has 1 rings (SSSR count). The van der Waals surface area contributed by atoms with Crippen molar-refractivity contribution < 1.29 is 15.0 Å². The van der Waals surface area contributed by atoms with Crippen molar-refractivity contribution in [2.24, 2.45) is 5.41 Å². The first-order valence-electron chi connectivity index (χ1n) is 7.16. The number of nitrogens with one attached hydrogen (secondary N) is 1. The summed E-state index contributed by atoms with van der Waals surface area (Å²) in [5.74, 6) is -0.731. The lowest BCUT2D eigenvalue weighted by atomic mass is 9.87. The Morgan fingerprint density at radius 3 is 2.50 bits per heavy atom. The highest BCUT2D eigenvalue weighted by molar-refractivity contribution is 5.94. The summed E-state index contributed by atoms with van der Waals surface area (Å²) in [5.41, 5.74) is 0.411. The Morgan fingerprint density at radius 2 is 1.90 bits per heavy atom. The molecule has 0 fully saturated rings. The fourth-order valence-electron chi connectivity index (χ4n) is 2.03. The van der Waals surface area contributed by atoms with Crippen LogP contribution >= 0.6 is 0 Å². The largest absolute Gasteiger partial charge is 0.504 e. The van der Waals surface area contributed by atoms with Crippen LogP contribution in [0.2, 0.25) is 0 Å². The Balaban J connectivity index is 2.51. The second-order valence-corrected chi connectivity index (χ2v) is 6.01. The van der Waals surface area contributed by atoms with Gasteiger partial charge in [-0.3, -0.25) is 4.79 Å². The van der Waals surface area contributed by atoms with Gasteiger partial charge >= 0.3 is 0 Å². The van der Waals surface area contributed by atoms with Gasteiger partial charge < -0.3 is 15.5 Å². The maximum atomic E-state index is 12.0. The molecular weight excluding hydrogens is 254 g/mol. The van der Waals surface area contributed by atoms with Crippen LogP contribution in [0.25, 0.3) is 0 Å². The monoisotopic (exact) mass is 279 g/mol. The number of carbonyl (C=O) groups is 1. The van der Waals surface area contributed by atoms with Crippen molar-refractivity contribution in [2.75, 3.05) is 6.54 Å². The third-order valence-electron chi connectivity index (χ3n) is 3.42. The van der Waals surface area contributed by atoms with Crippen LogP contribution in [0.15, 0.2) is 18.2 Å². The normalized spacial score (nSPS) is 11.3. The van der Waals surface area contributed by atoms with Crippen molar-refractivity contribution in [3.63, 3.8) is 0 Å². The number of hydrogen-bond acceptors (Lipinski definition) is 3. The van der Waals surface area contributed by atoms with Gasteiger partial charge in [0.2, 0.25) is 0 Å². The Morgan fingerprint density at radius 1 is 1.20 bits per heavy atom. The SMILES string of the molecule is CCCCCC(C)(C)CNC(=O)c1ccc(O)c(O)c1. The van der Waals surface area contributed by atoms with Crippen LogP contribution in [0, 0.1) is 5.41 Å². The Kier molecular flexibility index (Phi) is 5.86. The van der Waals surface area contributed by atoms with Crippen LogP contribution in [0.4, 0.5) is 0 Å². The van der Waals surface area contributed by atoms with Gasteiger partial charge in [-0.1, -0.05) is 40.0 Å². The molecule has 1 aromatic carbocycles. The average Bonchev–Trinajstić information content (AvgIpc) is 2.39. The molecular formula is C16H25NO3. The van der Waals surface area contributed by atoms with Crippen molar-refractivity contribution in [2.45, 2.75) is 46.5 Å². The van der Waals surface area contributed by atoms with Crippen LogP contribution in [0.1, 0.15) is 56.8 Å².